The van der Waals surface area contributed by atoms with Crippen molar-refractivity contribution in [2.24, 2.45) is 0 Å². The number of halogens is 2. The number of phenols is 1. The van der Waals surface area contributed by atoms with Gasteiger partial charge in [0.2, 0.25) is 0 Å². The summed E-state index contributed by atoms with van der Waals surface area (Å²) >= 11 is 0. The van der Waals surface area contributed by atoms with Crippen molar-refractivity contribution in [3.63, 3.8) is 0 Å². The van der Waals surface area contributed by atoms with Crippen LogP contribution in [0.5, 0.6) is 17.2 Å². The van der Waals surface area contributed by atoms with Crippen LogP contribution in [0, 0.1) is 11.6 Å². The molecule has 4 bridgehead atoms. The van der Waals surface area contributed by atoms with Crippen LogP contribution in [-0.4, -0.2) is 12.2 Å². The van der Waals surface area contributed by atoms with Crippen LogP contribution in [0.4, 0.5) is 8.78 Å². The number of hydrogen-bond acceptors (Lipinski definition) is 3. The van der Waals surface area contributed by atoms with Crippen molar-refractivity contribution in [2.75, 3.05) is 0 Å². The average Bonchev–Trinajstić information content (AvgIpc) is 2.92. The SMILES string of the molecule is CCC(CC1CC(C)c2ccc(cc2)OB(c2ccc(F)cc2F)Oc2ccc1cc2)c1ccc(O)cc1. The van der Waals surface area contributed by atoms with E-state index in [1.54, 1.807) is 12.1 Å². The Morgan fingerprint density at radius 2 is 1.45 bits per heavy atom. The largest absolute Gasteiger partial charge is 0.635 e. The number of phenolic OH excluding ortho intramolecular Hbond substituents is 1. The van der Waals surface area contributed by atoms with Gasteiger partial charge in [-0.25, -0.2) is 8.78 Å². The van der Waals surface area contributed by atoms with Crippen LogP contribution in [0.3, 0.4) is 0 Å². The Morgan fingerprint density at radius 1 is 0.842 bits per heavy atom. The molecule has 0 radical (unpaired) electrons. The summed E-state index contributed by atoms with van der Waals surface area (Å²) in [5, 5.41) is 9.75. The summed E-state index contributed by atoms with van der Waals surface area (Å²) in [6, 6.07) is 26.7. The second-order valence-electron chi connectivity index (χ2n) is 10.1. The molecule has 3 unspecified atom stereocenters. The quantitative estimate of drug-likeness (QED) is 0.279. The lowest BCUT2D eigenvalue weighted by atomic mass is 9.77. The lowest BCUT2D eigenvalue weighted by molar-refractivity contribution is 0.433. The Kier molecular flexibility index (Phi) is 7.68. The Balaban J connectivity index is 1.50. The van der Waals surface area contributed by atoms with E-state index in [-0.39, 0.29) is 11.2 Å². The van der Waals surface area contributed by atoms with E-state index in [1.165, 1.54) is 28.8 Å². The van der Waals surface area contributed by atoms with Gasteiger partial charge in [-0.15, -0.1) is 0 Å². The molecule has 3 atom stereocenters. The van der Waals surface area contributed by atoms with E-state index in [1.807, 2.05) is 48.5 Å². The van der Waals surface area contributed by atoms with Crippen molar-refractivity contribution >= 4 is 12.6 Å². The standard InChI is InChI=1S/C32H31BF2O3/c1-3-22(24-4-11-28(36)12-5-24)19-26-18-21(2)23-6-13-29(14-7-23)37-33(31-17-10-27(34)20-32(31)35)38-30-15-8-25(26)9-16-30/h4-17,20-22,26,36H,3,18-19H2,1-2H3. The van der Waals surface area contributed by atoms with Gasteiger partial charge in [-0.3, -0.25) is 0 Å². The Bertz CT molecular complexity index is 1360. The molecule has 0 saturated heterocycles. The number of hydrogen-bond donors (Lipinski definition) is 1. The fourth-order valence-corrected chi connectivity index (χ4v) is 5.34. The Morgan fingerprint density at radius 3 is 2.03 bits per heavy atom. The zero-order valence-electron chi connectivity index (χ0n) is 21.6. The third-order valence-corrected chi connectivity index (χ3v) is 7.57. The highest BCUT2D eigenvalue weighted by Gasteiger charge is 2.31. The Labute approximate surface area is 223 Å². The van der Waals surface area contributed by atoms with Gasteiger partial charge in [0.05, 0.1) is 0 Å². The van der Waals surface area contributed by atoms with Gasteiger partial charge in [0.1, 0.15) is 28.9 Å². The number of rotatable bonds is 5. The van der Waals surface area contributed by atoms with Gasteiger partial charge in [-0.2, -0.15) is 0 Å². The second kappa shape index (κ2) is 11.3. The van der Waals surface area contributed by atoms with Gasteiger partial charge < -0.3 is 14.4 Å². The predicted molar refractivity (Wildman–Crippen MR) is 147 cm³/mol. The van der Waals surface area contributed by atoms with Crippen LogP contribution in [0.25, 0.3) is 0 Å². The van der Waals surface area contributed by atoms with Gasteiger partial charge in [0, 0.05) is 11.5 Å². The molecular formula is C32H31BF2O3. The highest BCUT2D eigenvalue weighted by atomic mass is 19.1. The molecule has 0 aliphatic carbocycles. The third kappa shape index (κ3) is 5.85. The molecule has 0 fully saturated rings. The van der Waals surface area contributed by atoms with Crippen molar-refractivity contribution in [1.29, 1.82) is 0 Å². The van der Waals surface area contributed by atoms with E-state index in [0.29, 0.717) is 29.3 Å². The molecule has 38 heavy (non-hydrogen) atoms. The third-order valence-electron chi connectivity index (χ3n) is 7.57. The minimum atomic E-state index is -1.08. The normalized spacial score (nSPS) is 17.9. The first kappa shape index (κ1) is 25.8. The summed E-state index contributed by atoms with van der Waals surface area (Å²) in [5.41, 5.74) is 3.75. The molecule has 0 amide bonds. The molecule has 0 spiro atoms. The molecular weight excluding hydrogens is 481 g/mol. The minimum Gasteiger partial charge on any atom is -0.522 e. The van der Waals surface area contributed by atoms with Crippen LogP contribution < -0.4 is 14.8 Å². The predicted octanol–water partition coefficient (Wildman–Crippen LogP) is 7.70. The summed E-state index contributed by atoms with van der Waals surface area (Å²) < 4.78 is 40.4. The fraction of sp³-hybridized carbons (Fsp3) is 0.250. The van der Waals surface area contributed by atoms with Crippen molar-refractivity contribution in [2.45, 2.75) is 50.9 Å². The number of aromatic hydroxyl groups is 1. The topological polar surface area (TPSA) is 38.7 Å². The van der Waals surface area contributed by atoms with Crippen molar-refractivity contribution in [3.05, 3.63) is 119 Å². The summed E-state index contributed by atoms with van der Waals surface area (Å²) in [6.45, 7) is 4.44. The van der Waals surface area contributed by atoms with Crippen LogP contribution in [0.1, 0.15) is 67.6 Å². The molecule has 1 N–H and O–H groups in total. The zero-order valence-corrected chi connectivity index (χ0v) is 21.6. The first-order chi connectivity index (χ1) is 18.4. The zero-order chi connectivity index (χ0) is 26.6. The maximum atomic E-state index is 14.7. The molecule has 4 aromatic carbocycles. The number of benzene rings is 4. The molecule has 4 heterocycles. The second-order valence-corrected chi connectivity index (χ2v) is 10.1. The molecule has 6 heteroatoms. The summed E-state index contributed by atoms with van der Waals surface area (Å²) in [5.74, 6) is 0.919. The molecule has 4 aliphatic heterocycles. The van der Waals surface area contributed by atoms with Gasteiger partial charge in [-0.05, 0) is 96.2 Å². The lowest BCUT2D eigenvalue weighted by Crippen LogP contribution is -2.44. The van der Waals surface area contributed by atoms with E-state index < -0.39 is 18.8 Å². The highest BCUT2D eigenvalue weighted by Crippen LogP contribution is 2.39. The monoisotopic (exact) mass is 512 g/mol. The van der Waals surface area contributed by atoms with Gasteiger partial charge >= 0.3 is 7.12 Å². The van der Waals surface area contributed by atoms with Gasteiger partial charge in [0.25, 0.3) is 0 Å². The van der Waals surface area contributed by atoms with Crippen molar-refractivity contribution in [1.82, 2.24) is 0 Å². The maximum Gasteiger partial charge on any atom is 0.635 e. The van der Waals surface area contributed by atoms with Crippen LogP contribution in [0.15, 0.2) is 91.0 Å². The highest BCUT2D eigenvalue weighted by molar-refractivity contribution is 6.62. The minimum absolute atomic E-state index is 0.123. The summed E-state index contributed by atoms with van der Waals surface area (Å²) in [4.78, 5) is 0. The molecule has 0 aromatic heterocycles. The summed E-state index contributed by atoms with van der Waals surface area (Å²) in [6.07, 6.45) is 2.93. The van der Waals surface area contributed by atoms with E-state index in [9.17, 15) is 13.9 Å². The van der Waals surface area contributed by atoms with E-state index in [0.717, 1.165) is 25.3 Å². The molecule has 4 aliphatic rings. The van der Waals surface area contributed by atoms with Crippen molar-refractivity contribution in [3.8, 4) is 17.2 Å². The Hall–Kier alpha value is -3.80. The summed E-state index contributed by atoms with van der Waals surface area (Å²) in [7, 11) is -1.08. The molecule has 0 saturated carbocycles. The maximum absolute atomic E-state index is 14.7. The van der Waals surface area contributed by atoms with E-state index in [4.69, 9.17) is 9.31 Å². The van der Waals surface area contributed by atoms with Crippen molar-refractivity contribution < 1.29 is 23.2 Å². The van der Waals surface area contributed by atoms with E-state index >= 15 is 0 Å². The molecule has 194 valence electrons. The molecule has 3 nitrogen and oxygen atoms in total. The van der Waals surface area contributed by atoms with Gasteiger partial charge in [-0.1, -0.05) is 56.3 Å². The lowest BCUT2D eigenvalue weighted by Gasteiger charge is -2.27. The first-order valence-electron chi connectivity index (χ1n) is 13.2. The first-order valence-corrected chi connectivity index (χ1v) is 13.2. The molecule has 8 rings (SSSR count). The smallest absolute Gasteiger partial charge is 0.522 e. The van der Waals surface area contributed by atoms with Crippen LogP contribution in [-0.2, 0) is 0 Å². The van der Waals surface area contributed by atoms with Gasteiger partial charge in [0.15, 0.2) is 0 Å². The molecule has 4 aromatic rings. The fourth-order valence-electron chi connectivity index (χ4n) is 5.34. The van der Waals surface area contributed by atoms with Crippen LogP contribution in [0.2, 0.25) is 0 Å². The van der Waals surface area contributed by atoms with E-state index in [2.05, 4.69) is 26.0 Å². The average molecular weight is 512 g/mol. The van der Waals surface area contributed by atoms with Crippen LogP contribution >= 0.6 is 0 Å².